The first-order chi connectivity index (χ1) is 22.5. The van der Waals surface area contributed by atoms with Crippen molar-refractivity contribution >= 4 is 86.8 Å². The zero-order valence-electron chi connectivity index (χ0n) is 25.0. The standard InChI is InChI=1S/C32H27Cl2N5O6S2/c1-3-36(4-2)19-8-5-17(6-9-19)25-26-27(30(42)38(29(26)41)20-10-12-21(13-11-20)39(44)45)46-31-28(25)47-32(43)37(31)16-24(40)35-18-7-14-22(33)23(34)15-18/h5-15,25-27H,3-4,16H2,1-2H3,(H,35,40)/t25-,26-,27+/m0/s1. The summed E-state index contributed by atoms with van der Waals surface area (Å²) in [5.41, 5.74) is 2.19. The second kappa shape index (κ2) is 13.1. The molecule has 0 aliphatic carbocycles. The van der Waals surface area contributed by atoms with E-state index in [0.29, 0.717) is 20.6 Å². The largest absolute Gasteiger partial charge is 0.372 e. The van der Waals surface area contributed by atoms with E-state index in [2.05, 4.69) is 24.1 Å². The van der Waals surface area contributed by atoms with Crippen LogP contribution in [-0.2, 0) is 20.9 Å². The van der Waals surface area contributed by atoms with Gasteiger partial charge in [-0.25, -0.2) is 4.90 Å². The van der Waals surface area contributed by atoms with Gasteiger partial charge in [-0.1, -0.05) is 58.4 Å². The van der Waals surface area contributed by atoms with E-state index < -0.39 is 44.6 Å². The summed E-state index contributed by atoms with van der Waals surface area (Å²) < 4.78 is 1.33. The molecule has 2 aliphatic rings. The molecule has 11 nitrogen and oxygen atoms in total. The van der Waals surface area contributed by atoms with Crippen LogP contribution < -0.4 is 20.0 Å². The Kier molecular flexibility index (Phi) is 9.16. The molecular weight excluding hydrogens is 685 g/mol. The van der Waals surface area contributed by atoms with E-state index in [0.717, 1.165) is 52.3 Å². The van der Waals surface area contributed by atoms with Crippen molar-refractivity contribution in [1.82, 2.24) is 4.57 Å². The Labute approximate surface area is 287 Å². The molecular formula is C32H27Cl2N5O6S2. The molecule has 242 valence electrons. The van der Waals surface area contributed by atoms with Crippen molar-refractivity contribution in [1.29, 1.82) is 0 Å². The van der Waals surface area contributed by atoms with Crippen LogP contribution in [0.5, 0.6) is 0 Å². The van der Waals surface area contributed by atoms with Crippen molar-refractivity contribution < 1.29 is 19.3 Å². The first-order valence-electron chi connectivity index (χ1n) is 14.6. The SMILES string of the molecule is CCN(CC)c1ccc([C@@H]2c3sc(=O)n(CC(=O)Nc4ccc(Cl)c(Cl)c4)c3S[C@H]3C(=O)N(c4ccc([N+](=O)[O-])cc4)C(=O)[C@@H]23)cc1. The molecule has 6 rings (SSSR count). The lowest BCUT2D eigenvalue weighted by Gasteiger charge is -2.31. The van der Waals surface area contributed by atoms with Crippen LogP contribution in [0.3, 0.4) is 0 Å². The Morgan fingerprint density at radius 1 is 0.957 bits per heavy atom. The Hall–Kier alpha value is -4.17. The molecule has 47 heavy (non-hydrogen) atoms. The third-order valence-electron chi connectivity index (χ3n) is 8.25. The number of thiazole rings is 1. The number of carbonyl (C=O) groups is 3. The lowest BCUT2D eigenvalue weighted by Crippen LogP contribution is -2.33. The normalized spacial score (nSPS) is 18.6. The predicted molar refractivity (Wildman–Crippen MR) is 184 cm³/mol. The van der Waals surface area contributed by atoms with Gasteiger partial charge in [-0.15, -0.1) is 0 Å². The number of thioether (sulfide) groups is 1. The van der Waals surface area contributed by atoms with Crippen LogP contribution in [0.25, 0.3) is 0 Å². The predicted octanol–water partition coefficient (Wildman–Crippen LogP) is 6.41. The molecule has 3 heterocycles. The van der Waals surface area contributed by atoms with Crippen LogP contribution >= 0.6 is 46.3 Å². The zero-order chi connectivity index (χ0) is 33.6. The van der Waals surface area contributed by atoms with Gasteiger partial charge in [0.15, 0.2) is 0 Å². The minimum atomic E-state index is -0.906. The number of anilines is 3. The lowest BCUT2D eigenvalue weighted by molar-refractivity contribution is -0.384. The molecule has 0 radical (unpaired) electrons. The number of halogens is 2. The average Bonchev–Trinajstić information content (AvgIpc) is 3.50. The van der Waals surface area contributed by atoms with E-state index in [9.17, 15) is 29.3 Å². The highest BCUT2D eigenvalue weighted by Gasteiger charge is 2.56. The number of non-ortho nitro benzene ring substituents is 1. The Bertz CT molecular complexity index is 1960. The van der Waals surface area contributed by atoms with E-state index in [1.807, 2.05) is 24.3 Å². The number of nitrogens with zero attached hydrogens (tertiary/aromatic N) is 4. The molecule has 2 aliphatic heterocycles. The summed E-state index contributed by atoms with van der Waals surface area (Å²) in [6.07, 6.45) is 0. The highest BCUT2D eigenvalue weighted by Crippen LogP contribution is 2.54. The van der Waals surface area contributed by atoms with Crippen molar-refractivity contribution in [3.05, 3.63) is 107 Å². The van der Waals surface area contributed by atoms with Crippen LogP contribution in [-0.4, -0.2) is 45.6 Å². The smallest absolute Gasteiger partial charge is 0.308 e. The fourth-order valence-electron chi connectivity index (χ4n) is 5.99. The summed E-state index contributed by atoms with van der Waals surface area (Å²) in [6, 6.07) is 17.6. The van der Waals surface area contributed by atoms with Gasteiger partial charge in [-0.2, -0.15) is 0 Å². The van der Waals surface area contributed by atoms with Crippen molar-refractivity contribution in [2.45, 2.75) is 36.6 Å². The molecule has 0 bridgehead atoms. The number of nitro benzene ring substituents is 1. The number of nitro groups is 1. The molecule has 3 amide bonds. The van der Waals surface area contributed by atoms with Gasteiger partial charge in [0.1, 0.15) is 11.8 Å². The molecule has 3 aromatic carbocycles. The quantitative estimate of drug-likeness (QED) is 0.120. The number of hydrogen-bond donors (Lipinski definition) is 1. The topological polar surface area (TPSA) is 135 Å². The highest BCUT2D eigenvalue weighted by atomic mass is 35.5. The Morgan fingerprint density at radius 3 is 2.26 bits per heavy atom. The van der Waals surface area contributed by atoms with Crippen LogP contribution in [0.1, 0.15) is 30.2 Å². The third kappa shape index (κ3) is 6.04. The Morgan fingerprint density at radius 2 is 1.64 bits per heavy atom. The second-order valence-electron chi connectivity index (χ2n) is 10.9. The van der Waals surface area contributed by atoms with E-state index in [1.165, 1.54) is 34.9 Å². The molecule has 15 heteroatoms. The van der Waals surface area contributed by atoms with Gasteiger partial charge in [-0.05, 0) is 61.9 Å². The summed E-state index contributed by atoms with van der Waals surface area (Å²) >= 11 is 14.1. The molecule has 1 N–H and O–H groups in total. The van der Waals surface area contributed by atoms with Crippen LogP contribution in [0.15, 0.2) is 76.6 Å². The number of carbonyl (C=O) groups excluding carboxylic acids is 3. The van der Waals surface area contributed by atoms with Crippen molar-refractivity contribution in [2.75, 3.05) is 28.2 Å². The number of rotatable bonds is 9. The molecule has 1 saturated heterocycles. The average molecular weight is 713 g/mol. The van der Waals surface area contributed by atoms with Gasteiger partial charge < -0.3 is 10.2 Å². The van der Waals surface area contributed by atoms with E-state index in [-0.39, 0.29) is 22.9 Å². The van der Waals surface area contributed by atoms with E-state index >= 15 is 0 Å². The maximum absolute atomic E-state index is 14.1. The summed E-state index contributed by atoms with van der Waals surface area (Å²) in [4.78, 5) is 68.8. The molecule has 1 aromatic heterocycles. The maximum atomic E-state index is 14.1. The van der Waals surface area contributed by atoms with Gasteiger partial charge in [-0.3, -0.25) is 33.9 Å². The number of imide groups is 1. The summed E-state index contributed by atoms with van der Waals surface area (Å²) in [5, 5.41) is 14.1. The van der Waals surface area contributed by atoms with Crippen LogP contribution in [0.2, 0.25) is 10.0 Å². The van der Waals surface area contributed by atoms with E-state index in [1.54, 1.807) is 12.1 Å². The number of benzene rings is 3. The summed E-state index contributed by atoms with van der Waals surface area (Å²) in [6.45, 7) is 5.38. The molecule has 0 spiro atoms. The fourth-order valence-corrected chi connectivity index (χ4v) is 9.06. The number of hydrogen-bond acceptors (Lipinski definition) is 9. The molecule has 0 saturated carbocycles. The van der Waals surface area contributed by atoms with Crippen molar-refractivity contribution in [2.24, 2.45) is 5.92 Å². The third-order valence-corrected chi connectivity index (χ3v) is 11.6. The van der Waals surface area contributed by atoms with Crippen LogP contribution in [0.4, 0.5) is 22.7 Å². The second-order valence-corrected chi connectivity index (χ2v) is 13.8. The van der Waals surface area contributed by atoms with Crippen molar-refractivity contribution in [3.63, 3.8) is 0 Å². The number of nitrogens with one attached hydrogen (secondary N) is 1. The lowest BCUT2D eigenvalue weighted by atomic mass is 9.83. The maximum Gasteiger partial charge on any atom is 0.308 e. The number of amides is 3. The minimum Gasteiger partial charge on any atom is -0.372 e. The van der Waals surface area contributed by atoms with Gasteiger partial charge >= 0.3 is 4.87 Å². The monoisotopic (exact) mass is 711 g/mol. The fraction of sp³-hybridized carbons (Fsp3) is 0.250. The number of fused-ring (bicyclic) bond motifs is 2. The van der Waals surface area contributed by atoms with Crippen LogP contribution in [0, 0.1) is 16.0 Å². The molecule has 0 unspecified atom stereocenters. The first kappa shape index (κ1) is 32.8. The Balaban J connectivity index is 1.40. The van der Waals surface area contributed by atoms with Gasteiger partial charge in [0.2, 0.25) is 17.7 Å². The van der Waals surface area contributed by atoms with Crippen molar-refractivity contribution in [3.8, 4) is 0 Å². The molecule has 3 atom stereocenters. The van der Waals surface area contributed by atoms with Gasteiger partial charge in [0.25, 0.3) is 5.69 Å². The first-order valence-corrected chi connectivity index (χ1v) is 17.1. The van der Waals surface area contributed by atoms with Gasteiger partial charge in [0, 0.05) is 47.4 Å². The van der Waals surface area contributed by atoms with Gasteiger partial charge in [0.05, 0.1) is 31.6 Å². The zero-order valence-corrected chi connectivity index (χ0v) is 28.2. The highest BCUT2D eigenvalue weighted by molar-refractivity contribution is 8.00. The summed E-state index contributed by atoms with van der Waals surface area (Å²) in [5.74, 6) is -2.96. The number of aromatic nitrogens is 1. The molecule has 1 fully saturated rings. The molecule has 4 aromatic rings. The van der Waals surface area contributed by atoms with E-state index in [4.69, 9.17) is 23.2 Å². The minimum absolute atomic E-state index is 0.170. The summed E-state index contributed by atoms with van der Waals surface area (Å²) in [7, 11) is 0.